The van der Waals surface area contributed by atoms with Crippen molar-refractivity contribution in [2.45, 2.75) is 52.8 Å². The highest BCUT2D eigenvalue weighted by Gasteiger charge is 2.32. The number of hydrogen-bond donors (Lipinski definition) is 3. The number of anilines is 3. The number of amides is 2. The molecule has 0 bridgehead atoms. The van der Waals surface area contributed by atoms with Crippen LogP contribution < -0.4 is 16.4 Å². The van der Waals surface area contributed by atoms with E-state index in [1.807, 2.05) is 12.1 Å². The molecular formula is C30H28F4N6O2. The first kappa shape index (κ1) is 28.8. The van der Waals surface area contributed by atoms with Crippen molar-refractivity contribution in [1.29, 1.82) is 0 Å². The van der Waals surface area contributed by atoms with Crippen LogP contribution in [-0.4, -0.2) is 26.6 Å². The maximum absolute atomic E-state index is 15.8. The molecule has 12 heteroatoms. The number of pyridine rings is 1. The van der Waals surface area contributed by atoms with Crippen LogP contribution in [0.3, 0.4) is 0 Å². The molecule has 0 aliphatic carbocycles. The highest BCUT2D eigenvalue weighted by molar-refractivity contribution is 6.07. The van der Waals surface area contributed by atoms with Crippen molar-refractivity contribution in [2.75, 3.05) is 10.6 Å². The van der Waals surface area contributed by atoms with Gasteiger partial charge in [-0.3, -0.25) is 9.59 Å². The first-order chi connectivity index (χ1) is 19.7. The quantitative estimate of drug-likeness (QED) is 0.233. The van der Waals surface area contributed by atoms with Gasteiger partial charge in [-0.15, -0.1) is 0 Å². The van der Waals surface area contributed by atoms with E-state index < -0.39 is 29.4 Å². The van der Waals surface area contributed by atoms with Gasteiger partial charge in [-0.2, -0.15) is 18.3 Å². The minimum atomic E-state index is -4.63. The number of nitrogens with two attached hydrogens (primary N) is 1. The number of rotatable bonds is 5. The molecule has 0 saturated carbocycles. The number of hydrogen-bond acceptors (Lipinski definition) is 5. The van der Waals surface area contributed by atoms with E-state index in [1.54, 1.807) is 4.68 Å². The molecule has 0 fully saturated rings. The number of alkyl halides is 3. The zero-order valence-corrected chi connectivity index (χ0v) is 23.3. The van der Waals surface area contributed by atoms with Crippen molar-refractivity contribution in [3.63, 3.8) is 0 Å². The number of halogens is 4. The highest BCUT2D eigenvalue weighted by Crippen LogP contribution is 2.37. The average molecular weight is 581 g/mol. The molecule has 0 unspecified atom stereocenters. The van der Waals surface area contributed by atoms with Crippen molar-refractivity contribution in [1.82, 2.24) is 14.8 Å². The summed E-state index contributed by atoms with van der Waals surface area (Å²) in [6, 6.07) is 10.2. The predicted octanol–water partition coefficient (Wildman–Crippen LogP) is 6.49. The third kappa shape index (κ3) is 5.31. The Kier molecular flexibility index (Phi) is 7.25. The van der Waals surface area contributed by atoms with Gasteiger partial charge in [0.25, 0.3) is 11.8 Å². The first-order valence-corrected chi connectivity index (χ1v) is 13.2. The standard InChI is InChI=1S/C30H28F4N6O2/c1-14(2)17-5-8-22-18(12-17)9-10-40-28(37-22)24(27(35)41)26(39-40)21-7-6-20(16(4)25(21)31)29(42)38-23-13-19(30(32,33)34)11-15(3)36-23/h5-8,11-14,37H,9-10H2,1-4H3,(H2,35,41)(H,36,38,42). The molecule has 0 atom stereocenters. The Morgan fingerprint density at radius 1 is 1.10 bits per heavy atom. The fraction of sp³-hybridized carbons (Fsp3) is 0.267. The lowest BCUT2D eigenvalue weighted by atomic mass is 9.98. The number of aromatic nitrogens is 3. The molecule has 1 aliphatic rings. The molecule has 2 aromatic heterocycles. The summed E-state index contributed by atoms with van der Waals surface area (Å²) in [7, 11) is 0. The van der Waals surface area contributed by atoms with Crippen molar-refractivity contribution in [3.05, 3.63) is 87.4 Å². The molecule has 4 aromatic rings. The molecule has 3 heterocycles. The van der Waals surface area contributed by atoms with Crippen molar-refractivity contribution in [2.24, 2.45) is 5.73 Å². The third-order valence-corrected chi connectivity index (χ3v) is 7.25. The van der Waals surface area contributed by atoms with E-state index in [9.17, 15) is 22.8 Å². The number of fused-ring (bicyclic) bond motifs is 2. The predicted molar refractivity (Wildman–Crippen MR) is 150 cm³/mol. The van der Waals surface area contributed by atoms with Gasteiger partial charge in [-0.25, -0.2) is 14.1 Å². The fourth-order valence-electron chi connectivity index (χ4n) is 5.02. The van der Waals surface area contributed by atoms with Crippen LogP contribution in [0.4, 0.5) is 34.9 Å². The lowest BCUT2D eigenvalue weighted by Crippen LogP contribution is -2.17. The van der Waals surface area contributed by atoms with E-state index in [0.29, 0.717) is 30.8 Å². The zero-order valence-electron chi connectivity index (χ0n) is 23.3. The van der Waals surface area contributed by atoms with Gasteiger partial charge in [-0.05, 0) is 73.2 Å². The van der Waals surface area contributed by atoms with Crippen molar-refractivity contribution >= 4 is 29.1 Å². The second-order valence-corrected chi connectivity index (χ2v) is 10.5. The van der Waals surface area contributed by atoms with Gasteiger partial charge in [0.05, 0.1) is 5.56 Å². The second-order valence-electron chi connectivity index (χ2n) is 10.5. The van der Waals surface area contributed by atoms with Gasteiger partial charge in [0.2, 0.25) is 0 Å². The topological polar surface area (TPSA) is 115 Å². The summed E-state index contributed by atoms with van der Waals surface area (Å²) in [4.78, 5) is 29.5. The molecular weight excluding hydrogens is 552 g/mol. The Balaban J connectivity index is 1.50. The summed E-state index contributed by atoms with van der Waals surface area (Å²) in [6.45, 7) is 7.32. The lowest BCUT2D eigenvalue weighted by molar-refractivity contribution is -0.137. The lowest BCUT2D eigenvalue weighted by Gasteiger charge is -2.14. The molecule has 42 heavy (non-hydrogen) atoms. The Bertz CT molecular complexity index is 1740. The van der Waals surface area contributed by atoms with Gasteiger partial charge in [0, 0.05) is 29.1 Å². The number of aryl methyl sites for hydroxylation is 3. The largest absolute Gasteiger partial charge is 0.416 e. The second kappa shape index (κ2) is 10.6. The van der Waals surface area contributed by atoms with Gasteiger partial charge in [0.15, 0.2) is 0 Å². The molecule has 0 spiro atoms. The number of nitrogens with zero attached hydrogens (tertiary/aromatic N) is 3. The number of benzene rings is 2. The van der Waals surface area contributed by atoms with Crippen LogP contribution in [0, 0.1) is 19.7 Å². The molecule has 2 aromatic carbocycles. The fourth-order valence-corrected chi connectivity index (χ4v) is 5.02. The van der Waals surface area contributed by atoms with Crippen LogP contribution in [-0.2, 0) is 19.1 Å². The maximum atomic E-state index is 15.8. The van der Waals surface area contributed by atoms with E-state index in [4.69, 9.17) is 5.73 Å². The minimum absolute atomic E-state index is 0.00470. The van der Waals surface area contributed by atoms with Crippen LogP contribution in [0.1, 0.15) is 68.4 Å². The van der Waals surface area contributed by atoms with Crippen LogP contribution in [0.25, 0.3) is 11.3 Å². The van der Waals surface area contributed by atoms with Crippen LogP contribution in [0.15, 0.2) is 42.5 Å². The summed E-state index contributed by atoms with van der Waals surface area (Å²) in [5.41, 5.74) is 7.58. The summed E-state index contributed by atoms with van der Waals surface area (Å²) < 4.78 is 57.0. The van der Waals surface area contributed by atoms with Gasteiger partial charge in [0.1, 0.15) is 28.7 Å². The highest BCUT2D eigenvalue weighted by atomic mass is 19.4. The summed E-state index contributed by atoms with van der Waals surface area (Å²) >= 11 is 0. The van der Waals surface area contributed by atoms with Crippen LogP contribution in [0.2, 0.25) is 0 Å². The molecule has 4 N–H and O–H groups in total. The number of carbonyl (C=O) groups excluding carboxylic acids is 2. The van der Waals surface area contributed by atoms with E-state index in [2.05, 4.69) is 40.6 Å². The van der Waals surface area contributed by atoms with Crippen molar-refractivity contribution in [3.8, 4) is 11.3 Å². The first-order valence-electron chi connectivity index (χ1n) is 13.2. The maximum Gasteiger partial charge on any atom is 0.416 e. The summed E-state index contributed by atoms with van der Waals surface area (Å²) in [6.07, 6.45) is -4.02. The van der Waals surface area contributed by atoms with E-state index >= 15 is 4.39 Å². The van der Waals surface area contributed by atoms with E-state index in [-0.39, 0.29) is 39.5 Å². The molecule has 8 nitrogen and oxygen atoms in total. The molecule has 1 aliphatic heterocycles. The molecule has 218 valence electrons. The molecule has 0 radical (unpaired) electrons. The Labute approximate surface area is 238 Å². The van der Waals surface area contributed by atoms with Gasteiger partial charge >= 0.3 is 6.18 Å². The van der Waals surface area contributed by atoms with E-state index in [1.165, 1.54) is 31.5 Å². The zero-order chi connectivity index (χ0) is 30.5. The van der Waals surface area contributed by atoms with Crippen LogP contribution >= 0.6 is 0 Å². The third-order valence-electron chi connectivity index (χ3n) is 7.25. The number of primary amides is 1. The van der Waals surface area contributed by atoms with Gasteiger partial charge in [-0.1, -0.05) is 26.0 Å². The Morgan fingerprint density at radius 2 is 1.83 bits per heavy atom. The average Bonchev–Trinajstić information content (AvgIpc) is 3.16. The Morgan fingerprint density at radius 3 is 2.50 bits per heavy atom. The number of carbonyl (C=O) groups is 2. The monoisotopic (exact) mass is 580 g/mol. The van der Waals surface area contributed by atoms with Crippen molar-refractivity contribution < 1.29 is 27.2 Å². The summed E-state index contributed by atoms with van der Waals surface area (Å²) in [5, 5.41) is 10.1. The van der Waals surface area contributed by atoms with Crippen LogP contribution in [0.5, 0.6) is 0 Å². The van der Waals surface area contributed by atoms with E-state index in [0.717, 1.165) is 17.3 Å². The smallest absolute Gasteiger partial charge is 0.365 e. The molecule has 5 rings (SSSR count). The summed E-state index contributed by atoms with van der Waals surface area (Å²) in [5.74, 6) is -2.14. The van der Waals surface area contributed by atoms with Gasteiger partial charge < -0.3 is 16.4 Å². The Hall–Kier alpha value is -4.74. The normalized spacial score (nSPS) is 12.8. The number of nitrogens with one attached hydrogen (secondary N) is 2. The molecule has 2 amide bonds. The molecule has 0 saturated heterocycles. The SMILES string of the molecule is Cc1cc(C(F)(F)F)cc(NC(=O)c2ccc(-c3nn4c(c3C(N)=O)Nc3ccc(C(C)C)cc3CC4)c(F)c2C)n1. The minimum Gasteiger partial charge on any atom is -0.365 e.